The Morgan fingerprint density at radius 3 is 1.38 bits per heavy atom. The molecule has 0 saturated carbocycles. The average molecular weight is 418 g/mol. The van der Waals surface area contributed by atoms with Gasteiger partial charge in [0.2, 0.25) is 0 Å². The standard InChI is InChI=1S/C11H7F13O2/c1-4(5(25)26)2-3-6(12,13)7(14,15)8(16,17)9(18,19)10(20,21)11(22,23)24/h2H,3H2,1H3,(H,25,26). The number of alkyl halides is 13. The van der Waals surface area contributed by atoms with Crippen LogP contribution in [-0.4, -0.2) is 46.9 Å². The lowest BCUT2D eigenvalue weighted by Crippen LogP contribution is -2.70. The van der Waals surface area contributed by atoms with Gasteiger partial charge >= 0.3 is 41.8 Å². The summed E-state index contributed by atoms with van der Waals surface area (Å²) in [7, 11) is 0. The van der Waals surface area contributed by atoms with Crippen molar-refractivity contribution >= 4 is 5.97 Å². The molecule has 0 aliphatic carbocycles. The van der Waals surface area contributed by atoms with E-state index in [2.05, 4.69) is 0 Å². The summed E-state index contributed by atoms with van der Waals surface area (Å²) in [5.41, 5.74) is -1.14. The third kappa shape index (κ3) is 3.56. The van der Waals surface area contributed by atoms with Crippen LogP contribution in [0, 0.1) is 0 Å². The van der Waals surface area contributed by atoms with Crippen LogP contribution >= 0.6 is 0 Å². The number of hydrogen-bond acceptors (Lipinski definition) is 1. The van der Waals surface area contributed by atoms with Crippen molar-refractivity contribution in [3.8, 4) is 0 Å². The SMILES string of the molecule is CC(=CCC(F)(F)C(F)(F)C(F)(F)C(F)(F)C(F)(F)C(F)(F)F)C(=O)O. The van der Waals surface area contributed by atoms with Crippen LogP contribution < -0.4 is 0 Å². The second kappa shape index (κ2) is 6.48. The van der Waals surface area contributed by atoms with Gasteiger partial charge in [-0.3, -0.25) is 0 Å². The second-order valence-electron chi connectivity index (χ2n) is 4.90. The van der Waals surface area contributed by atoms with E-state index in [1.54, 1.807) is 0 Å². The first-order chi connectivity index (χ1) is 11.1. The lowest BCUT2D eigenvalue weighted by molar-refractivity contribution is -0.439. The van der Waals surface area contributed by atoms with E-state index in [0.717, 1.165) is 0 Å². The average Bonchev–Trinajstić information content (AvgIpc) is 2.42. The molecule has 0 aromatic rings. The summed E-state index contributed by atoms with van der Waals surface area (Å²) in [6, 6.07) is 0. The summed E-state index contributed by atoms with van der Waals surface area (Å²) in [5, 5.41) is 8.27. The van der Waals surface area contributed by atoms with Gasteiger partial charge in [0.05, 0.1) is 0 Å². The van der Waals surface area contributed by atoms with Crippen molar-refractivity contribution in [2.75, 3.05) is 0 Å². The molecule has 0 aliphatic rings. The number of aliphatic carboxylic acids is 1. The third-order valence-electron chi connectivity index (χ3n) is 3.00. The Balaban J connectivity index is 6.16. The van der Waals surface area contributed by atoms with Gasteiger partial charge in [-0.05, 0) is 6.92 Å². The van der Waals surface area contributed by atoms with Crippen LogP contribution in [0.2, 0.25) is 0 Å². The maximum atomic E-state index is 13.2. The molecular formula is C11H7F13O2. The highest BCUT2D eigenvalue weighted by Gasteiger charge is 2.90. The molecule has 2 nitrogen and oxygen atoms in total. The fourth-order valence-corrected chi connectivity index (χ4v) is 1.30. The van der Waals surface area contributed by atoms with Crippen molar-refractivity contribution in [3.05, 3.63) is 11.6 Å². The molecule has 26 heavy (non-hydrogen) atoms. The van der Waals surface area contributed by atoms with Crippen LogP contribution in [0.25, 0.3) is 0 Å². The smallest absolute Gasteiger partial charge is 0.460 e. The van der Waals surface area contributed by atoms with Gasteiger partial charge in [0.25, 0.3) is 0 Å². The number of carboxylic acids is 1. The van der Waals surface area contributed by atoms with Crippen LogP contribution in [0.4, 0.5) is 57.1 Å². The van der Waals surface area contributed by atoms with E-state index < -0.39 is 53.8 Å². The Bertz CT molecular complexity index is 573. The summed E-state index contributed by atoms with van der Waals surface area (Å²) < 4.78 is 165. The molecule has 0 unspecified atom stereocenters. The molecule has 15 heteroatoms. The molecule has 0 spiro atoms. The van der Waals surface area contributed by atoms with E-state index in [-0.39, 0.29) is 6.08 Å². The molecule has 0 bridgehead atoms. The van der Waals surface area contributed by atoms with E-state index in [9.17, 15) is 61.9 Å². The topological polar surface area (TPSA) is 37.3 Å². The van der Waals surface area contributed by atoms with Gasteiger partial charge in [0.15, 0.2) is 0 Å². The summed E-state index contributed by atoms with van der Waals surface area (Å²) >= 11 is 0. The number of allylic oxidation sites excluding steroid dienone is 1. The van der Waals surface area contributed by atoms with Gasteiger partial charge in [-0.2, -0.15) is 57.1 Å². The van der Waals surface area contributed by atoms with Crippen LogP contribution in [0.15, 0.2) is 11.6 Å². The minimum Gasteiger partial charge on any atom is -0.478 e. The Morgan fingerprint density at radius 1 is 0.731 bits per heavy atom. The molecule has 0 amide bonds. The number of hydrogen-bond donors (Lipinski definition) is 1. The van der Waals surface area contributed by atoms with Crippen molar-refractivity contribution in [1.82, 2.24) is 0 Å². The highest BCUT2D eigenvalue weighted by molar-refractivity contribution is 5.85. The largest absolute Gasteiger partial charge is 0.478 e. The van der Waals surface area contributed by atoms with Gasteiger partial charge in [-0.1, -0.05) is 6.08 Å². The second-order valence-corrected chi connectivity index (χ2v) is 4.90. The number of carbonyl (C=O) groups is 1. The summed E-state index contributed by atoms with van der Waals surface area (Å²) in [5.74, 6) is -39.3. The molecule has 0 fully saturated rings. The first-order valence-corrected chi connectivity index (χ1v) is 5.93. The third-order valence-corrected chi connectivity index (χ3v) is 3.00. The molecule has 0 saturated heterocycles. The normalized spacial score (nSPS) is 16.0. The molecule has 1 N–H and O–H groups in total. The zero-order chi connectivity index (χ0) is 21.6. The Labute approximate surface area is 135 Å². The Hall–Kier alpha value is -1.70. The highest BCUT2D eigenvalue weighted by atomic mass is 19.4. The molecule has 0 rings (SSSR count). The van der Waals surface area contributed by atoms with Crippen LogP contribution in [0.5, 0.6) is 0 Å². The Kier molecular flexibility index (Phi) is 6.05. The van der Waals surface area contributed by atoms with Crippen LogP contribution in [0.3, 0.4) is 0 Å². The van der Waals surface area contributed by atoms with E-state index in [0.29, 0.717) is 6.92 Å². The first-order valence-electron chi connectivity index (χ1n) is 5.93. The summed E-state index contributed by atoms with van der Waals surface area (Å²) in [6.45, 7) is 0.501. The first kappa shape index (κ1) is 24.3. The van der Waals surface area contributed by atoms with Crippen LogP contribution in [-0.2, 0) is 4.79 Å². The lowest BCUT2D eigenvalue weighted by Gasteiger charge is -2.39. The summed E-state index contributed by atoms with van der Waals surface area (Å²) in [6.07, 6.45) is -10.5. The van der Waals surface area contributed by atoms with Crippen molar-refractivity contribution in [1.29, 1.82) is 0 Å². The van der Waals surface area contributed by atoms with Gasteiger partial charge in [0, 0.05) is 12.0 Å². The monoisotopic (exact) mass is 418 g/mol. The van der Waals surface area contributed by atoms with Gasteiger partial charge < -0.3 is 5.11 Å². The molecule has 0 aromatic heterocycles. The molecule has 0 aliphatic heterocycles. The minimum absolute atomic E-state index is 0.327. The summed E-state index contributed by atoms with van der Waals surface area (Å²) in [4.78, 5) is 10.3. The zero-order valence-corrected chi connectivity index (χ0v) is 12.1. The maximum absolute atomic E-state index is 13.2. The predicted molar refractivity (Wildman–Crippen MR) is 56.8 cm³/mol. The van der Waals surface area contributed by atoms with E-state index in [1.165, 1.54) is 0 Å². The number of carboxylic acid groups (broad SMARTS) is 1. The molecule has 0 radical (unpaired) electrons. The minimum atomic E-state index is -7.96. The van der Waals surface area contributed by atoms with E-state index in [4.69, 9.17) is 5.11 Å². The lowest BCUT2D eigenvalue weighted by atomic mass is 9.92. The molecule has 0 heterocycles. The van der Waals surface area contributed by atoms with Crippen molar-refractivity contribution < 1.29 is 67.0 Å². The van der Waals surface area contributed by atoms with Gasteiger partial charge in [-0.25, -0.2) is 4.79 Å². The molecule has 0 aromatic carbocycles. The number of halogens is 13. The van der Waals surface area contributed by atoms with Crippen molar-refractivity contribution in [2.24, 2.45) is 0 Å². The van der Waals surface area contributed by atoms with Gasteiger partial charge in [0.1, 0.15) is 0 Å². The maximum Gasteiger partial charge on any atom is 0.460 e. The Morgan fingerprint density at radius 2 is 1.08 bits per heavy atom. The molecular weight excluding hydrogens is 411 g/mol. The molecule has 0 atom stereocenters. The van der Waals surface area contributed by atoms with E-state index in [1.807, 2.05) is 0 Å². The predicted octanol–water partition coefficient (Wildman–Crippen LogP) is 5.15. The van der Waals surface area contributed by atoms with Gasteiger partial charge in [-0.15, -0.1) is 0 Å². The fraction of sp³-hybridized carbons (Fsp3) is 0.727. The molecule has 154 valence electrons. The quantitative estimate of drug-likeness (QED) is 0.459. The highest BCUT2D eigenvalue weighted by Crippen LogP contribution is 2.60. The zero-order valence-electron chi connectivity index (χ0n) is 12.1. The van der Waals surface area contributed by atoms with E-state index >= 15 is 0 Å². The van der Waals surface area contributed by atoms with Crippen LogP contribution in [0.1, 0.15) is 13.3 Å². The van der Waals surface area contributed by atoms with Crippen molar-refractivity contribution in [3.63, 3.8) is 0 Å². The fourth-order valence-electron chi connectivity index (χ4n) is 1.30. The van der Waals surface area contributed by atoms with Crippen molar-refractivity contribution in [2.45, 2.75) is 49.1 Å². The number of rotatable bonds is 7.